The van der Waals surface area contributed by atoms with E-state index >= 15 is 0 Å². The average Bonchev–Trinajstić information content (AvgIpc) is 3.29. The van der Waals surface area contributed by atoms with Crippen LogP contribution >= 0.6 is 0 Å². The van der Waals surface area contributed by atoms with Gasteiger partial charge in [-0.2, -0.15) is 0 Å². The average molecular weight is 391 g/mol. The van der Waals surface area contributed by atoms with Crippen molar-refractivity contribution in [3.05, 3.63) is 48.5 Å². The summed E-state index contributed by atoms with van der Waals surface area (Å²) in [6.45, 7) is 3.80. The molecule has 1 unspecified atom stereocenters. The molecule has 148 valence electrons. The highest BCUT2D eigenvalue weighted by atomic mass is 16.5. The molecule has 1 aromatic carbocycles. The van der Waals surface area contributed by atoms with Crippen LogP contribution < -0.4 is 5.32 Å². The predicted octanol–water partition coefficient (Wildman–Crippen LogP) is 2.39. The Balaban J connectivity index is 1.68. The van der Waals surface area contributed by atoms with Crippen molar-refractivity contribution in [1.82, 2.24) is 19.5 Å². The van der Waals surface area contributed by atoms with Crippen LogP contribution in [0.15, 0.2) is 43.0 Å². The summed E-state index contributed by atoms with van der Waals surface area (Å²) < 4.78 is 7.73. The molecule has 0 bridgehead atoms. The Kier molecular flexibility index (Phi) is 4.78. The molecule has 0 radical (unpaired) electrons. The molecule has 1 aliphatic heterocycles. The number of carbonyl (C=O) groups is 1. The Morgan fingerprint density at radius 2 is 2.10 bits per heavy atom. The Labute approximate surface area is 168 Å². The lowest BCUT2D eigenvalue weighted by molar-refractivity contribution is -0.0636. The number of anilines is 1. The molecule has 1 amide bonds. The number of aliphatic hydroxyl groups excluding tert-OH is 1. The number of carbonyl (C=O) groups excluding carboxylic acids is 1. The van der Waals surface area contributed by atoms with Gasteiger partial charge in [-0.15, -0.1) is 6.42 Å². The van der Waals surface area contributed by atoms with Gasteiger partial charge in [0, 0.05) is 11.5 Å². The van der Waals surface area contributed by atoms with E-state index in [-0.39, 0.29) is 17.6 Å². The summed E-state index contributed by atoms with van der Waals surface area (Å²) in [5, 5.41) is 13.5. The molecular formula is C21H21N5O3. The molecule has 1 fully saturated rings. The summed E-state index contributed by atoms with van der Waals surface area (Å²) in [6.07, 6.45) is 7.56. The van der Waals surface area contributed by atoms with Crippen LogP contribution in [-0.4, -0.2) is 42.2 Å². The van der Waals surface area contributed by atoms with Crippen molar-refractivity contribution in [2.75, 3.05) is 5.32 Å². The van der Waals surface area contributed by atoms with E-state index in [0.717, 1.165) is 0 Å². The van der Waals surface area contributed by atoms with Gasteiger partial charge in [-0.05, 0) is 18.6 Å². The van der Waals surface area contributed by atoms with Crippen molar-refractivity contribution in [3.63, 3.8) is 0 Å². The molecule has 2 N–H and O–H groups in total. The van der Waals surface area contributed by atoms with Crippen LogP contribution in [0.5, 0.6) is 0 Å². The third-order valence-corrected chi connectivity index (χ3v) is 5.54. The number of fused-ring (bicyclic) bond motifs is 1. The monoisotopic (exact) mass is 391 g/mol. The highest BCUT2D eigenvalue weighted by Gasteiger charge is 2.51. The molecule has 1 aliphatic rings. The molecule has 8 nitrogen and oxygen atoms in total. The lowest BCUT2D eigenvalue weighted by Gasteiger charge is -2.25. The van der Waals surface area contributed by atoms with E-state index in [1.165, 1.54) is 12.7 Å². The van der Waals surface area contributed by atoms with Gasteiger partial charge in [0.15, 0.2) is 23.2 Å². The first kappa shape index (κ1) is 19.1. The number of aromatic nitrogens is 4. The maximum absolute atomic E-state index is 12.5. The quantitative estimate of drug-likeness (QED) is 0.662. The number of aliphatic hydroxyl groups is 1. The highest BCUT2D eigenvalue weighted by molar-refractivity contribution is 6.06. The second kappa shape index (κ2) is 7.28. The summed E-state index contributed by atoms with van der Waals surface area (Å²) in [5.41, 5.74) is 0.472. The SMILES string of the molecule is C#C[C@]1(CC)O[C@@H](n2cnc3c(NC(=O)c4ccccc4)ncnc32)[C@@H](O)C1C. The van der Waals surface area contributed by atoms with Crippen LogP contribution in [0.3, 0.4) is 0 Å². The number of nitrogens with one attached hydrogen (secondary N) is 1. The zero-order chi connectivity index (χ0) is 20.6. The minimum atomic E-state index is -0.863. The third-order valence-electron chi connectivity index (χ3n) is 5.54. The van der Waals surface area contributed by atoms with Gasteiger partial charge >= 0.3 is 0 Å². The highest BCUT2D eigenvalue weighted by Crippen LogP contribution is 2.43. The molecular weight excluding hydrogens is 370 g/mol. The van der Waals surface area contributed by atoms with Crippen molar-refractivity contribution < 1.29 is 14.6 Å². The molecule has 1 saturated heterocycles. The lowest BCUT2D eigenvalue weighted by atomic mass is 9.85. The minimum Gasteiger partial charge on any atom is -0.388 e. The molecule has 0 spiro atoms. The lowest BCUT2D eigenvalue weighted by Crippen LogP contribution is -2.34. The van der Waals surface area contributed by atoms with Crippen molar-refractivity contribution in [2.45, 2.75) is 38.2 Å². The molecule has 8 heteroatoms. The molecule has 3 aromatic rings. The van der Waals surface area contributed by atoms with Gasteiger partial charge in [0.25, 0.3) is 5.91 Å². The number of hydrogen-bond donors (Lipinski definition) is 2. The zero-order valence-electron chi connectivity index (χ0n) is 16.1. The van der Waals surface area contributed by atoms with E-state index in [4.69, 9.17) is 11.2 Å². The number of terminal acetylenes is 1. The van der Waals surface area contributed by atoms with Crippen LogP contribution in [-0.2, 0) is 4.74 Å². The second-order valence-corrected chi connectivity index (χ2v) is 7.04. The van der Waals surface area contributed by atoms with E-state index in [2.05, 4.69) is 26.2 Å². The predicted molar refractivity (Wildman–Crippen MR) is 107 cm³/mol. The van der Waals surface area contributed by atoms with Crippen molar-refractivity contribution in [1.29, 1.82) is 0 Å². The number of hydrogen-bond acceptors (Lipinski definition) is 6. The number of ether oxygens (including phenoxy) is 1. The van der Waals surface area contributed by atoms with Crippen molar-refractivity contribution in [2.24, 2.45) is 5.92 Å². The molecule has 2 aromatic heterocycles. The fourth-order valence-electron chi connectivity index (χ4n) is 3.71. The maximum atomic E-state index is 12.5. The van der Waals surface area contributed by atoms with Crippen LogP contribution in [0.1, 0.15) is 36.9 Å². The minimum absolute atomic E-state index is 0.265. The van der Waals surface area contributed by atoms with Gasteiger partial charge in [0.2, 0.25) is 0 Å². The van der Waals surface area contributed by atoms with E-state index in [1.54, 1.807) is 28.8 Å². The Morgan fingerprint density at radius 1 is 1.34 bits per heavy atom. The largest absolute Gasteiger partial charge is 0.388 e. The molecule has 0 aliphatic carbocycles. The molecule has 3 heterocycles. The first-order valence-electron chi connectivity index (χ1n) is 9.38. The van der Waals surface area contributed by atoms with Gasteiger partial charge in [0.05, 0.1) is 6.33 Å². The normalized spacial score (nSPS) is 26.3. The van der Waals surface area contributed by atoms with Crippen LogP contribution in [0.4, 0.5) is 5.82 Å². The smallest absolute Gasteiger partial charge is 0.256 e. The van der Waals surface area contributed by atoms with Crippen molar-refractivity contribution in [3.8, 4) is 12.3 Å². The van der Waals surface area contributed by atoms with Crippen LogP contribution in [0, 0.1) is 18.3 Å². The van der Waals surface area contributed by atoms with Crippen molar-refractivity contribution >= 4 is 22.9 Å². The Hall–Kier alpha value is -3.28. The first-order chi connectivity index (χ1) is 14.0. The molecule has 0 saturated carbocycles. The number of amides is 1. The third kappa shape index (κ3) is 3.05. The fraction of sp³-hybridized carbons (Fsp3) is 0.333. The fourth-order valence-corrected chi connectivity index (χ4v) is 3.71. The van der Waals surface area contributed by atoms with Gasteiger partial charge in [-0.1, -0.05) is 38.0 Å². The number of benzene rings is 1. The van der Waals surface area contributed by atoms with Gasteiger partial charge in [0.1, 0.15) is 18.0 Å². The molecule has 4 rings (SSSR count). The second-order valence-electron chi connectivity index (χ2n) is 7.04. The summed E-state index contributed by atoms with van der Waals surface area (Å²) in [5.74, 6) is 2.41. The van der Waals surface area contributed by atoms with E-state index in [9.17, 15) is 9.90 Å². The number of nitrogens with zero attached hydrogens (tertiary/aromatic N) is 4. The van der Waals surface area contributed by atoms with E-state index < -0.39 is 17.9 Å². The molecule has 29 heavy (non-hydrogen) atoms. The first-order valence-corrected chi connectivity index (χ1v) is 9.38. The van der Waals surface area contributed by atoms with Gasteiger partial charge < -0.3 is 15.2 Å². The van der Waals surface area contributed by atoms with Gasteiger partial charge in [-0.25, -0.2) is 15.0 Å². The van der Waals surface area contributed by atoms with Crippen LogP contribution in [0.2, 0.25) is 0 Å². The van der Waals surface area contributed by atoms with E-state index in [0.29, 0.717) is 23.1 Å². The summed E-state index contributed by atoms with van der Waals surface area (Å²) in [7, 11) is 0. The van der Waals surface area contributed by atoms with E-state index in [1.807, 2.05) is 19.9 Å². The van der Waals surface area contributed by atoms with Gasteiger partial charge in [-0.3, -0.25) is 9.36 Å². The summed E-state index contributed by atoms with van der Waals surface area (Å²) in [6, 6.07) is 8.82. The number of rotatable bonds is 4. The molecule has 4 atom stereocenters. The summed E-state index contributed by atoms with van der Waals surface area (Å²) >= 11 is 0. The Bertz CT molecular complexity index is 1090. The summed E-state index contributed by atoms with van der Waals surface area (Å²) in [4.78, 5) is 25.3. The standard InChI is InChI=1S/C21H21N5O3/c1-4-21(5-2)13(3)16(27)20(29-21)26-12-24-15-17(22-11-23-18(15)26)25-19(28)14-9-7-6-8-10-14/h1,6-13,16,20,27H,5H2,2-3H3,(H,22,23,25,28)/t13?,16-,20+,21+/m0/s1. The Morgan fingerprint density at radius 3 is 2.76 bits per heavy atom. The zero-order valence-corrected chi connectivity index (χ0v) is 16.1. The topological polar surface area (TPSA) is 102 Å². The van der Waals surface area contributed by atoms with Crippen LogP contribution in [0.25, 0.3) is 11.2 Å². The maximum Gasteiger partial charge on any atom is 0.256 e. The number of imidazole rings is 1.